The molecule has 0 aliphatic carbocycles. The third-order valence-electron chi connectivity index (χ3n) is 11.3. The zero-order valence-corrected chi connectivity index (χ0v) is 40.4. The average Bonchev–Trinajstić information content (AvgIpc) is 4.01. The number of nitrogens with two attached hydrogens (primary N) is 4. The topological polar surface area (TPSA) is 505 Å². The molecule has 0 spiro atoms. The SMILES string of the molecule is CC(=O)N1CCC[C@H]1C(=O)N[C@@H](CCCN=C(N)N)C(=O)N[C@H](C(=O)N[C@@H](CC(N)=O)C(=O)N[C@H](C(=O)NCC(=O)N[C@@H](CO)C(=O)NCC(=O)N[C@H](C(=O)N1CCC[C@H]1C(N)=O)C(C)O)C(C)O)C(C)O. The highest BCUT2D eigenvalue weighted by Gasteiger charge is 2.40. The van der Waals surface area contributed by atoms with Crippen molar-refractivity contribution in [3.63, 3.8) is 0 Å². The number of nitrogens with zero attached hydrogens (tertiary/aromatic N) is 3. The summed E-state index contributed by atoms with van der Waals surface area (Å²) in [6.07, 6.45) is -4.15. The van der Waals surface area contributed by atoms with Gasteiger partial charge in [-0.05, 0) is 59.3 Å². The number of nitrogens with one attached hydrogen (secondary N) is 8. The van der Waals surface area contributed by atoms with Crippen LogP contribution in [0.1, 0.15) is 72.6 Å². The van der Waals surface area contributed by atoms with Crippen molar-refractivity contribution in [3.05, 3.63) is 0 Å². The Morgan fingerprint density at radius 1 is 0.597 bits per heavy atom. The number of likely N-dealkylation sites (tertiary alicyclic amines) is 2. The van der Waals surface area contributed by atoms with Gasteiger partial charge in [-0.3, -0.25) is 62.5 Å². The van der Waals surface area contributed by atoms with Gasteiger partial charge < -0.3 is 95.7 Å². The van der Waals surface area contributed by atoms with Gasteiger partial charge in [0.25, 0.3) is 0 Å². The summed E-state index contributed by atoms with van der Waals surface area (Å²) in [5.41, 5.74) is 21.4. The molecule has 2 saturated heterocycles. The van der Waals surface area contributed by atoms with Crippen LogP contribution < -0.4 is 65.5 Å². The molecular weight excluding hydrogens is 959 g/mol. The van der Waals surface area contributed by atoms with Crippen LogP contribution in [-0.2, 0) is 57.5 Å². The van der Waals surface area contributed by atoms with Crippen LogP contribution in [0, 0.1) is 0 Å². The van der Waals surface area contributed by atoms with Gasteiger partial charge in [-0.25, -0.2) is 0 Å². The number of hydrogen-bond acceptors (Lipinski definition) is 17. The number of primary amides is 2. The number of carbonyl (C=O) groups excluding carboxylic acids is 12. The highest BCUT2D eigenvalue weighted by atomic mass is 16.3. The molecule has 20 N–H and O–H groups in total. The smallest absolute Gasteiger partial charge is 0.248 e. The Hall–Kier alpha value is -7.25. The summed E-state index contributed by atoms with van der Waals surface area (Å²) >= 11 is 0. The number of aliphatic hydroxyl groups excluding tert-OH is 4. The van der Waals surface area contributed by atoms with Gasteiger partial charge >= 0.3 is 0 Å². The Morgan fingerprint density at radius 3 is 1.62 bits per heavy atom. The summed E-state index contributed by atoms with van der Waals surface area (Å²) in [6.45, 7) is 2.35. The number of carbonyl (C=O) groups is 12. The van der Waals surface area contributed by atoms with Crippen molar-refractivity contribution in [2.45, 2.75) is 139 Å². The molecule has 31 nitrogen and oxygen atoms in total. The van der Waals surface area contributed by atoms with Crippen molar-refractivity contribution < 1.29 is 78.0 Å². The van der Waals surface area contributed by atoms with Crippen molar-refractivity contribution in [2.24, 2.45) is 27.9 Å². The molecule has 31 heteroatoms. The largest absolute Gasteiger partial charge is 0.394 e. The molecule has 0 radical (unpaired) electrons. The molecule has 2 fully saturated rings. The quantitative estimate of drug-likeness (QED) is 0.0197. The first-order valence-electron chi connectivity index (χ1n) is 22.9. The maximum atomic E-state index is 13.6. The van der Waals surface area contributed by atoms with Crippen molar-refractivity contribution in [1.82, 2.24) is 52.3 Å². The van der Waals surface area contributed by atoms with Crippen LogP contribution in [0.25, 0.3) is 0 Å². The first-order valence-corrected chi connectivity index (χ1v) is 22.9. The summed E-state index contributed by atoms with van der Waals surface area (Å²) in [5.74, 6) is -11.9. The lowest BCUT2D eigenvalue weighted by Crippen LogP contribution is -2.62. The fourth-order valence-corrected chi connectivity index (χ4v) is 7.57. The zero-order valence-electron chi connectivity index (χ0n) is 40.4. The number of guanidine groups is 1. The van der Waals surface area contributed by atoms with E-state index in [1.165, 1.54) is 18.7 Å². The van der Waals surface area contributed by atoms with Crippen molar-refractivity contribution >= 4 is 76.8 Å². The molecule has 0 aromatic rings. The van der Waals surface area contributed by atoms with E-state index in [2.05, 4.69) is 47.5 Å². The van der Waals surface area contributed by atoms with Crippen LogP contribution in [-0.4, -0.2) is 213 Å². The number of aliphatic hydroxyl groups is 4. The van der Waals surface area contributed by atoms with E-state index in [1.54, 1.807) is 0 Å². The van der Waals surface area contributed by atoms with Crippen LogP contribution in [0.15, 0.2) is 4.99 Å². The second-order valence-electron chi connectivity index (χ2n) is 17.2. The summed E-state index contributed by atoms with van der Waals surface area (Å²) < 4.78 is 0. The van der Waals surface area contributed by atoms with Crippen molar-refractivity contribution in [1.29, 1.82) is 0 Å². The lowest BCUT2D eigenvalue weighted by molar-refractivity contribution is -0.143. The highest BCUT2D eigenvalue weighted by molar-refractivity contribution is 5.99. The van der Waals surface area contributed by atoms with Gasteiger partial charge in [0.1, 0.15) is 48.3 Å². The molecule has 2 aliphatic heterocycles. The van der Waals surface area contributed by atoms with E-state index < -0.39 is 158 Å². The minimum absolute atomic E-state index is 0.0310. The van der Waals surface area contributed by atoms with Crippen LogP contribution in [0.3, 0.4) is 0 Å². The molecule has 2 heterocycles. The Kier molecular flexibility index (Phi) is 24.7. The van der Waals surface area contributed by atoms with E-state index in [9.17, 15) is 78.0 Å². The molecule has 0 bridgehead atoms. The summed E-state index contributed by atoms with van der Waals surface area (Å²) in [7, 11) is 0. The van der Waals surface area contributed by atoms with Gasteiger partial charge in [-0.1, -0.05) is 0 Å². The monoisotopic (exact) mass is 1030 g/mol. The first-order chi connectivity index (χ1) is 33.7. The normalized spacial score (nSPS) is 18.9. The van der Waals surface area contributed by atoms with Gasteiger partial charge in [-0.15, -0.1) is 0 Å². The van der Waals surface area contributed by atoms with Gasteiger partial charge in [0, 0.05) is 26.6 Å². The predicted molar refractivity (Wildman–Crippen MR) is 248 cm³/mol. The van der Waals surface area contributed by atoms with E-state index >= 15 is 0 Å². The summed E-state index contributed by atoms with van der Waals surface area (Å²) in [6, 6.07) is -12.1. The van der Waals surface area contributed by atoms with E-state index in [-0.39, 0.29) is 44.2 Å². The van der Waals surface area contributed by atoms with Gasteiger partial charge in [0.2, 0.25) is 70.9 Å². The van der Waals surface area contributed by atoms with Gasteiger partial charge in [-0.2, -0.15) is 0 Å². The predicted octanol–water partition coefficient (Wildman–Crippen LogP) is -10.3. The molecule has 0 aromatic carbocycles. The first kappa shape index (κ1) is 60.9. The molecule has 11 atom stereocenters. The Balaban J connectivity index is 2.09. The van der Waals surface area contributed by atoms with Crippen molar-refractivity contribution in [3.8, 4) is 0 Å². The fourth-order valence-electron chi connectivity index (χ4n) is 7.57. The van der Waals surface area contributed by atoms with E-state index in [4.69, 9.17) is 22.9 Å². The summed E-state index contributed by atoms with van der Waals surface area (Å²) in [5, 5.41) is 58.7. The number of aliphatic imine (C=N–C) groups is 1. The number of amides is 12. The molecule has 0 aromatic heterocycles. The molecule has 2 rings (SSSR count). The number of hydrogen-bond donors (Lipinski definition) is 16. The minimum atomic E-state index is -1.91. The maximum Gasteiger partial charge on any atom is 0.248 e. The molecule has 12 amide bonds. The molecule has 0 saturated carbocycles. The zero-order chi connectivity index (χ0) is 54.6. The third kappa shape index (κ3) is 19.2. The lowest BCUT2D eigenvalue weighted by atomic mass is 10.1. The Morgan fingerprint density at radius 2 is 1.11 bits per heavy atom. The van der Waals surface area contributed by atoms with Crippen LogP contribution >= 0.6 is 0 Å². The molecule has 404 valence electrons. The Labute approximate surface area is 413 Å². The van der Waals surface area contributed by atoms with E-state index in [1.807, 2.05) is 0 Å². The molecule has 2 aliphatic rings. The van der Waals surface area contributed by atoms with Gasteiger partial charge in [0.05, 0.1) is 44.4 Å². The lowest BCUT2D eigenvalue weighted by Gasteiger charge is -2.29. The van der Waals surface area contributed by atoms with E-state index in [0.717, 1.165) is 18.7 Å². The highest BCUT2D eigenvalue weighted by Crippen LogP contribution is 2.20. The van der Waals surface area contributed by atoms with Crippen LogP contribution in [0.4, 0.5) is 0 Å². The van der Waals surface area contributed by atoms with Crippen LogP contribution in [0.5, 0.6) is 0 Å². The maximum absolute atomic E-state index is 13.6. The molecule has 3 unspecified atom stereocenters. The number of rotatable bonds is 28. The van der Waals surface area contributed by atoms with Crippen molar-refractivity contribution in [2.75, 3.05) is 39.3 Å². The standard InChI is InChI=1S/C41H69N15O16/c1-18(58)30(38(70)48-15-28(63)49-24(17-57)34(66)47-16-29(64)52-32(20(3)60)40(72)56-13-6-9-25(56)33(43)65)53-36(68)23(14-27(42)62)51-39(71)31(19(2)59)54-35(67)22(8-5-11-46-41(44)45)50-37(69)26-10-7-12-55(26)21(4)61/h18-20,22-26,30-32,57-60H,5-17H2,1-4H3,(H2,42,62)(H2,43,65)(H,47,66)(H,48,70)(H,49,63)(H,50,69)(H,51,71)(H,52,64)(H,53,68)(H,54,67)(H4,44,45,46)/t18?,19?,20?,22-,23-,24-,25-,26-,30-,31-,32-/m0/s1. The van der Waals surface area contributed by atoms with E-state index in [0.29, 0.717) is 25.8 Å². The second-order valence-corrected chi connectivity index (χ2v) is 17.2. The van der Waals surface area contributed by atoms with Crippen LogP contribution in [0.2, 0.25) is 0 Å². The fraction of sp³-hybridized carbons (Fsp3) is 0.683. The van der Waals surface area contributed by atoms with Gasteiger partial charge in [0.15, 0.2) is 5.96 Å². The molecular formula is C41H69N15O16. The third-order valence-corrected chi connectivity index (χ3v) is 11.3. The Bertz CT molecular complexity index is 2030. The summed E-state index contributed by atoms with van der Waals surface area (Å²) in [4.78, 5) is 161. The minimum Gasteiger partial charge on any atom is -0.394 e. The second kappa shape index (κ2) is 29.2. The average molecular weight is 1030 g/mol. The molecule has 72 heavy (non-hydrogen) atoms.